The van der Waals surface area contributed by atoms with E-state index in [9.17, 15) is 28.0 Å². The fourth-order valence-electron chi connectivity index (χ4n) is 1.89. The van der Waals surface area contributed by atoms with Crippen molar-refractivity contribution in [2.75, 3.05) is 6.61 Å². The first-order valence-corrected chi connectivity index (χ1v) is 7.28. The van der Waals surface area contributed by atoms with Crippen LogP contribution >= 0.6 is 7.82 Å². The molecule has 22 heavy (non-hydrogen) atoms. The number of halogens is 2. The van der Waals surface area contributed by atoms with Gasteiger partial charge in [0.1, 0.15) is 6.10 Å². The predicted molar refractivity (Wildman–Crippen MR) is 64.2 cm³/mol. The number of rotatable bonds is 4. The van der Waals surface area contributed by atoms with Crippen LogP contribution in [0, 0.1) is 0 Å². The summed E-state index contributed by atoms with van der Waals surface area (Å²) in [7, 11) is -4.95. The van der Waals surface area contributed by atoms with Gasteiger partial charge in [-0.2, -0.15) is 8.78 Å². The minimum Gasteiger partial charge on any atom is -0.384 e. The highest BCUT2D eigenvalue weighted by Crippen LogP contribution is 2.44. The molecular weight excluding hydrogens is 333 g/mol. The lowest BCUT2D eigenvalue weighted by atomic mass is 10.1. The summed E-state index contributed by atoms with van der Waals surface area (Å²) in [6.45, 7) is -1.02. The Morgan fingerprint density at radius 3 is 2.64 bits per heavy atom. The van der Waals surface area contributed by atoms with Gasteiger partial charge < -0.3 is 19.6 Å². The molecule has 10 nitrogen and oxygen atoms in total. The van der Waals surface area contributed by atoms with Crippen molar-refractivity contribution in [3.8, 4) is 0 Å². The number of hydrogen-bond donors (Lipinski definition) is 4. The second kappa shape index (κ2) is 5.65. The van der Waals surface area contributed by atoms with Crippen molar-refractivity contribution in [2.24, 2.45) is 0 Å². The van der Waals surface area contributed by atoms with E-state index >= 15 is 0 Å². The van der Waals surface area contributed by atoms with Crippen LogP contribution in [0.1, 0.15) is 6.23 Å². The average Bonchev–Trinajstić information content (AvgIpc) is 2.59. The van der Waals surface area contributed by atoms with Crippen LogP contribution in [0.5, 0.6) is 0 Å². The third-order valence-corrected chi connectivity index (χ3v) is 3.38. The first kappa shape index (κ1) is 16.9. The molecule has 0 aliphatic carbocycles. The molecule has 3 atom stereocenters. The lowest BCUT2D eigenvalue weighted by Crippen LogP contribution is -2.42. The molecule has 1 aliphatic rings. The minimum absolute atomic E-state index is 0.349. The minimum atomic E-state index is -4.95. The van der Waals surface area contributed by atoms with Crippen molar-refractivity contribution in [1.82, 2.24) is 9.55 Å². The molecule has 124 valence electrons. The summed E-state index contributed by atoms with van der Waals surface area (Å²) in [6, 6.07) is 0.798. The Labute approximate surface area is 120 Å². The molecule has 1 fully saturated rings. The number of aromatic amines is 1. The van der Waals surface area contributed by atoms with Crippen molar-refractivity contribution in [3.05, 3.63) is 33.1 Å². The van der Waals surface area contributed by atoms with Gasteiger partial charge in [-0.25, -0.2) is 9.36 Å². The quantitative estimate of drug-likeness (QED) is 0.484. The number of aliphatic hydroxyl groups excluding tert-OH is 1. The zero-order valence-corrected chi connectivity index (χ0v) is 11.5. The standard InChI is InChI=1S/C9H11F2N2O8P/c10-9(11)6(15)4(3-20-22(17,18)19)21-7(9)13-2-1-5(14)12-8(13)16/h1-2,4,6-7,15H,3H2,(H,12,14,16)(H2,17,18,19)/t4-,6+,7-/m1/s1. The number of ether oxygens (including phenoxy) is 1. The van der Waals surface area contributed by atoms with Crippen LogP contribution in [0.2, 0.25) is 0 Å². The van der Waals surface area contributed by atoms with Gasteiger partial charge in [0.25, 0.3) is 5.56 Å². The van der Waals surface area contributed by atoms with E-state index in [1.165, 1.54) is 0 Å². The van der Waals surface area contributed by atoms with Gasteiger partial charge in [0, 0.05) is 12.3 Å². The number of phosphoric acid groups is 1. The highest BCUT2D eigenvalue weighted by molar-refractivity contribution is 7.46. The Morgan fingerprint density at radius 2 is 2.09 bits per heavy atom. The molecule has 0 radical (unpaired) electrons. The van der Waals surface area contributed by atoms with Gasteiger partial charge in [0.2, 0.25) is 6.23 Å². The highest BCUT2D eigenvalue weighted by Gasteiger charge is 2.59. The van der Waals surface area contributed by atoms with E-state index in [0.717, 1.165) is 12.3 Å². The number of alkyl halides is 2. The summed E-state index contributed by atoms with van der Waals surface area (Å²) in [6.07, 6.45) is -5.77. The largest absolute Gasteiger partial charge is 0.469 e. The van der Waals surface area contributed by atoms with Crippen molar-refractivity contribution in [3.63, 3.8) is 0 Å². The van der Waals surface area contributed by atoms with Crippen molar-refractivity contribution in [1.29, 1.82) is 0 Å². The number of nitrogens with zero attached hydrogens (tertiary/aromatic N) is 1. The van der Waals surface area contributed by atoms with Crippen LogP contribution in [0.3, 0.4) is 0 Å². The fraction of sp³-hybridized carbons (Fsp3) is 0.556. The van der Waals surface area contributed by atoms with Gasteiger partial charge in [0.15, 0.2) is 6.10 Å². The van der Waals surface area contributed by atoms with Gasteiger partial charge in [-0.1, -0.05) is 0 Å². The number of aliphatic hydroxyl groups is 1. The van der Waals surface area contributed by atoms with Gasteiger partial charge in [0.05, 0.1) is 6.61 Å². The number of hydrogen-bond acceptors (Lipinski definition) is 6. The molecule has 2 heterocycles. The van der Waals surface area contributed by atoms with E-state index < -0.39 is 50.0 Å². The van der Waals surface area contributed by atoms with E-state index in [-0.39, 0.29) is 0 Å². The van der Waals surface area contributed by atoms with Crippen LogP contribution in [0.4, 0.5) is 8.78 Å². The number of aromatic nitrogens is 2. The van der Waals surface area contributed by atoms with Crippen LogP contribution in [-0.2, 0) is 13.8 Å². The molecule has 0 unspecified atom stereocenters. The molecule has 1 aliphatic heterocycles. The number of nitrogens with one attached hydrogen (secondary N) is 1. The summed E-state index contributed by atoms with van der Waals surface area (Å²) in [5.41, 5.74) is -2.01. The van der Waals surface area contributed by atoms with Crippen LogP contribution < -0.4 is 11.2 Å². The van der Waals surface area contributed by atoms with E-state index in [1.54, 1.807) is 4.98 Å². The van der Waals surface area contributed by atoms with E-state index in [1.807, 2.05) is 0 Å². The SMILES string of the molecule is O=c1ccn([C@@H]2O[C@H](COP(=O)(O)O)[C@H](O)C2(F)F)c(=O)[nH]1. The normalized spacial score (nSPS) is 28.0. The summed E-state index contributed by atoms with van der Waals surface area (Å²) in [5.74, 6) is -3.95. The van der Waals surface area contributed by atoms with Crippen LogP contribution in [0.25, 0.3) is 0 Å². The molecule has 1 aromatic heterocycles. The van der Waals surface area contributed by atoms with Crippen molar-refractivity contribution < 1.29 is 37.5 Å². The van der Waals surface area contributed by atoms with Crippen LogP contribution in [0.15, 0.2) is 21.9 Å². The Kier molecular flexibility index (Phi) is 4.35. The molecule has 0 amide bonds. The third-order valence-electron chi connectivity index (χ3n) is 2.89. The maximum atomic E-state index is 14.0. The first-order chi connectivity index (χ1) is 10.0. The summed E-state index contributed by atoms with van der Waals surface area (Å²) >= 11 is 0. The summed E-state index contributed by atoms with van der Waals surface area (Å²) in [4.78, 5) is 41.2. The lowest BCUT2D eigenvalue weighted by molar-refractivity contribution is -0.141. The Hall–Kier alpha value is -1.43. The summed E-state index contributed by atoms with van der Waals surface area (Å²) < 4.78 is 47.6. The Balaban J connectivity index is 2.28. The maximum Gasteiger partial charge on any atom is 0.469 e. The van der Waals surface area contributed by atoms with E-state index in [2.05, 4.69) is 4.52 Å². The molecule has 0 spiro atoms. The zero-order valence-electron chi connectivity index (χ0n) is 10.6. The topological polar surface area (TPSA) is 151 Å². The monoisotopic (exact) mass is 344 g/mol. The molecule has 13 heteroatoms. The Morgan fingerprint density at radius 1 is 1.45 bits per heavy atom. The number of phosphoric ester groups is 1. The molecule has 0 aromatic carbocycles. The van der Waals surface area contributed by atoms with Crippen LogP contribution in [-0.4, -0.2) is 49.2 Å². The summed E-state index contributed by atoms with van der Waals surface area (Å²) in [5, 5.41) is 9.50. The van der Waals surface area contributed by atoms with E-state index in [0.29, 0.717) is 4.57 Å². The number of H-pyrrole nitrogens is 1. The molecular formula is C9H11F2N2O8P. The first-order valence-electron chi connectivity index (χ1n) is 5.75. The fourth-order valence-corrected chi connectivity index (χ4v) is 2.23. The smallest absolute Gasteiger partial charge is 0.384 e. The molecule has 2 rings (SSSR count). The molecule has 1 aromatic rings. The third kappa shape index (κ3) is 3.32. The molecule has 0 bridgehead atoms. The zero-order chi connectivity index (χ0) is 16.7. The van der Waals surface area contributed by atoms with Gasteiger partial charge in [-0.15, -0.1) is 0 Å². The van der Waals surface area contributed by atoms with E-state index in [4.69, 9.17) is 14.5 Å². The highest BCUT2D eigenvalue weighted by atomic mass is 31.2. The lowest BCUT2D eigenvalue weighted by Gasteiger charge is -2.20. The second-order valence-electron chi connectivity index (χ2n) is 4.45. The molecule has 1 saturated heterocycles. The average molecular weight is 344 g/mol. The van der Waals surface area contributed by atoms with Crippen molar-refractivity contribution >= 4 is 7.82 Å². The predicted octanol–water partition coefficient (Wildman–Crippen LogP) is -1.46. The molecule has 4 N–H and O–H groups in total. The van der Waals surface area contributed by atoms with Gasteiger partial charge in [-0.05, 0) is 0 Å². The van der Waals surface area contributed by atoms with Gasteiger partial charge >= 0.3 is 19.4 Å². The molecule has 0 saturated carbocycles. The van der Waals surface area contributed by atoms with Crippen molar-refractivity contribution in [2.45, 2.75) is 24.4 Å². The maximum absolute atomic E-state index is 14.0. The van der Waals surface area contributed by atoms with Gasteiger partial charge in [-0.3, -0.25) is 18.9 Å². The Bertz CT molecular complexity index is 712. The second-order valence-corrected chi connectivity index (χ2v) is 5.69.